The molecule has 0 spiro atoms. The van der Waals surface area contributed by atoms with Crippen molar-refractivity contribution in [3.05, 3.63) is 48.4 Å². The molecule has 2 rings (SSSR count). The van der Waals surface area contributed by atoms with Gasteiger partial charge in [0.1, 0.15) is 0 Å². The summed E-state index contributed by atoms with van der Waals surface area (Å²) in [5, 5.41) is 2.80. The highest BCUT2D eigenvalue weighted by Gasteiger charge is 2.19. The molecule has 7 heteroatoms. The summed E-state index contributed by atoms with van der Waals surface area (Å²) in [6.07, 6.45) is 4.68. The van der Waals surface area contributed by atoms with Crippen molar-refractivity contribution in [2.75, 3.05) is 12.4 Å². The maximum Gasteiger partial charge on any atom is 0.260 e. The van der Waals surface area contributed by atoms with E-state index in [0.717, 1.165) is 5.56 Å². The summed E-state index contributed by atoms with van der Waals surface area (Å²) < 4.78 is 26.8. The Kier molecular flexibility index (Phi) is 4.08. The maximum absolute atomic E-state index is 12.2. The number of hydrogen-bond donors (Lipinski definition) is 2. The standard InChI is InChI=1S/C12H14N4O2S/c1-13-11-3-2-6-15-12(11)19(17,18)16-9-10-4-7-14-8-5-10/h2-8,13,16H,9H2,1H3. The van der Waals surface area contributed by atoms with Gasteiger partial charge in [-0.1, -0.05) is 0 Å². The van der Waals surface area contributed by atoms with Gasteiger partial charge in [-0.3, -0.25) is 4.98 Å². The first-order valence-electron chi connectivity index (χ1n) is 5.65. The fraction of sp³-hybridized carbons (Fsp3) is 0.167. The van der Waals surface area contributed by atoms with Crippen molar-refractivity contribution in [3.63, 3.8) is 0 Å². The molecule has 0 aliphatic carbocycles. The molecular formula is C12H14N4O2S. The lowest BCUT2D eigenvalue weighted by molar-refractivity contribution is 0.578. The molecule has 2 aromatic heterocycles. The highest BCUT2D eigenvalue weighted by Crippen LogP contribution is 2.17. The van der Waals surface area contributed by atoms with E-state index in [1.807, 2.05) is 0 Å². The third kappa shape index (κ3) is 3.27. The fourth-order valence-corrected chi connectivity index (χ4v) is 2.70. The van der Waals surface area contributed by atoms with Gasteiger partial charge in [0.05, 0.1) is 5.69 Å². The van der Waals surface area contributed by atoms with E-state index in [-0.39, 0.29) is 11.6 Å². The summed E-state index contributed by atoms with van der Waals surface area (Å²) in [7, 11) is -1.99. The van der Waals surface area contributed by atoms with Gasteiger partial charge < -0.3 is 5.32 Å². The number of nitrogens with one attached hydrogen (secondary N) is 2. The zero-order valence-corrected chi connectivity index (χ0v) is 11.2. The molecule has 0 aliphatic heterocycles. The quantitative estimate of drug-likeness (QED) is 0.852. The predicted octanol–water partition coefficient (Wildman–Crippen LogP) is 0.997. The number of hydrogen-bond acceptors (Lipinski definition) is 5. The lowest BCUT2D eigenvalue weighted by Crippen LogP contribution is -2.25. The molecule has 0 aromatic carbocycles. The average Bonchev–Trinajstić information content (AvgIpc) is 2.46. The number of sulfonamides is 1. The fourth-order valence-electron chi connectivity index (χ4n) is 1.54. The summed E-state index contributed by atoms with van der Waals surface area (Å²) >= 11 is 0. The minimum atomic E-state index is -3.65. The number of nitrogens with zero attached hydrogens (tertiary/aromatic N) is 2. The van der Waals surface area contributed by atoms with Crippen LogP contribution >= 0.6 is 0 Å². The van der Waals surface area contributed by atoms with Crippen molar-refractivity contribution in [1.82, 2.24) is 14.7 Å². The first-order chi connectivity index (χ1) is 9.13. The van der Waals surface area contributed by atoms with Gasteiger partial charge in [-0.05, 0) is 29.8 Å². The SMILES string of the molecule is CNc1cccnc1S(=O)(=O)NCc1ccncc1. The van der Waals surface area contributed by atoms with Crippen molar-refractivity contribution in [3.8, 4) is 0 Å². The molecule has 19 heavy (non-hydrogen) atoms. The van der Waals surface area contributed by atoms with Gasteiger partial charge in [0, 0.05) is 32.2 Å². The Bertz CT molecular complexity index is 644. The van der Waals surface area contributed by atoms with Gasteiger partial charge in [-0.25, -0.2) is 18.1 Å². The van der Waals surface area contributed by atoms with E-state index in [9.17, 15) is 8.42 Å². The van der Waals surface area contributed by atoms with Crippen LogP contribution in [0.2, 0.25) is 0 Å². The molecule has 0 radical (unpaired) electrons. The molecule has 0 unspecified atom stereocenters. The lowest BCUT2D eigenvalue weighted by atomic mass is 10.3. The molecule has 0 bridgehead atoms. The van der Waals surface area contributed by atoms with Gasteiger partial charge in [0.25, 0.3) is 10.0 Å². The molecule has 100 valence electrons. The van der Waals surface area contributed by atoms with Gasteiger partial charge in [0.15, 0.2) is 5.03 Å². The number of aromatic nitrogens is 2. The van der Waals surface area contributed by atoms with Crippen LogP contribution in [0.15, 0.2) is 47.9 Å². The minimum absolute atomic E-state index is 0.00782. The van der Waals surface area contributed by atoms with Crippen LogP contribution in [0, 0.1) is 0 Å². The summed E-state index contributed by atoms with van der Waals surface area (Å²) in [6.45, 7) is 0.199. The first kappa shape index (κ1) is 13.4. The minimum Gasteiger partial charge on any atom is -0.386 e. The van der Waals surface area contributed by atoms with E-state index in [4.69, 9.17) is 0 Å². The largest absolute Gasteiger partial charge is 0.386 e. The number of rotatable bonds is 5. The molecule has 2 N–H and O–H groups in total. The van der Waals surface area contributed by atoms with E-state index in [2.05, 4.69) is 20.0 Å². The smallest absolute Gasteiger partial charge is 0.260 e. The topological polar surface area (TPSA) is 84.0 Å². The van der Waals surface area contributed by atoms with Crippen LogP contribution in [-0.2, 0) is 16.6 Å². The molecule has 0 saturated heterocycles. The van der Waals surface area contributed by atoms with Crippen LogP contribution in [0.3, 0.4) is 0 Å². The van der Waals surface area contributed by atoms with Gasteiger partial charge in [-0.2, -0.15) is 0 Å². The maximum atomic E-state index is 12.2. The average molecular weight is 278 g/mol. The molecule has 6 nitrogen and oxygen atoms in total. The highest BCUT2D eigenvalue weighted by atomic mass is 32.2. The molecule has 0 atom stereocenters. The van der Waals surface area contributed by atoms with Crippen molar-refractivity contribution in [2.24, 2.45) is 0 Å². The van der Waals surface area contributed by atoms with Crippen molar-refractivity contribution in [2.45, 2.75) is 11.6 Å². The van der Waals surface area contributed by atoms with E-state index in [1.165, 1.54) is 6.20 Å². The van der Waals surface area contributed by atoms with E-state index < -0.39 is 10.0 Å². The van der Waals surface area contributed by atoms with E-state index >= 15 is 0 Å². The molecule has 2 heterocycles. The Morgan fingerprint density at radius 2 is 1.89 bits per heavy atom. The van der Waals surface area contributed by atoms with Crippen molar-refractivity contribution in [1.29, 1.82) is 0 Å². The molecule has 0 fully saturated rings. The third-order valence-corrected chi connectivity index (χ3v) is 3.87. The van der Waals surface area contributed by atoms with Gasteiger partial charge >= 0.3 is 0 Å². The Hall–Kier alpha value is -1.99. The van der Waals surface area contributed by atoms with Gasteiger partial charge in [0.2, 0.25) is 0 Å². The second kappa shape index (κ2) is 5.77. The van der Waals surface area contributed by atoms with Crippen LogP contribution in [0.4, 0.5) is 5.69 Å². The Morgan fingerprint density at radius 3 is 2.58 bits per heavy atom. The Morgan fingerprint density at radius 1 is 1.16 bits per heavy atom. The Balaban J connectivity index is 2.19. The van der Waals surface area contributed by atoms with E-state index in [0.29, 0.717) is 5.69 Å². The number of anilines is 1. The summed E-state index contributed by atoms with van der Waals surface area (Å²) in [5.74, 6) is 0. The molecule has 0 amide bonds. The lowest BCUT2D eigenvalue weighted by Gasteiger charge is -2.09. The molecule has 0 aliphatic rings. The van der Waals surface area contributed by atoms with Crippen molar-refractivity contribution < 1.29 is 8.42 Å². The zero-order valence-electron chi connectivity index (χ0n) is 10.4. The zero-order chi connectivity index (χ0) is 13.7. The van der Waals surface area contributed by atoms with Crippen LogP contribution in [0.25, 0.3) is 0 Å². The Labute approximate surface area is 112 Å². The molecular weight excluding hydrogens is 264 g/mol. The summed E-state index contributed by atoms with van der Waals surface area (Å²) in [5.41, 5.74) is 1.30. The first-order valence-corrected chi connectivity index (χ1v) is 7.13. The molecule has 2 aromatic rings. The van der Waals surface area contributed by atoms with Crippen LogP contribution in [0.1, 0.15) is 5.56 Å². The summed E-state index contributed by atoms with van der Waals surface area (Å²) in [4.78, 5) is 7.78. The molecule has 0 saturated carbocycles. The van der Waals surface area contributed by atoms with Crippen molar-refractivity contribution >= 4 is 15.7 Å². The van der Waals surface area contributed by atoms with Crippen LogP contribution < -0.4 is 10.0 Å². The van der Waals surface area contributed by atoms with Gasteiger partial charge in [-0.15, -0.1) is 0 Å². The highest BCUT2D eigenvalue weighted by molar-refractivity contribution is 7.89. The second-order valence-electron chi connectivity index (χ2n) is 3.79. The van der Waals surface area contributed by atoms with Crippen LogP contribution in [0.5, 0.6) is 0 Å². The van der Waals surface area contributed by atoms with Crippen LogP contribution in [-0.4, -0.2) is 25.4 Å². The third-order valence-electron chi connectivity index (χ3n) is 2.51. The normalized spacial score (nSPS) is 11.2. The summed E-state index contributed by atoms with van der Waals surface area (Å²) in [6, 6.07) is 6.83. The van der Waals surface area contributed by atoms with E-state index in [1.54, 1.807) is 43.7 Å². The second-order valence-corrected chi connectivity index (χ2v) is 5.47. The monoisotopic (exact) mass is 278 g/mol. The predicted molar refractivity (Wildman–Crippen MR) is 72.0 cm³/mol. The number of pyridine rings is 2.